The number of amides is 1. The van der Waals surface area contributed by atoms with Crippen molar-refractivity contribution >= 4 is 24.0 Å². The van der Waals surface area contributed by atoms with Crippen LogP contribution in [-0.4, -0.2) is 16.9 Å². The maximum atomic E-state index is 12.5. The largest absolute Gasteiger partial charge is 0.305 e. The van der Waals surface area contributed by atoms with E-state index in [4.69, 9.17) is 0 Å². The average molecular weight is 275 g/mol. The first-order valence-corrected chi connectivity index (χ1v) is 6.09. The second-order valence-corrected chi connectivity index (χ2v) is 4.59. The second kappa shape index (κ2) is 5.41. The molecule has 1 atom stereocenters. The molecule has 4 heteroatoms. The lowest BCUT2D eigenvalue weighted by Crippen LogP contribution is -2.35. The second-order valence-electron chi connectivity index (χ2n) is 4.59. The molecule has 0 spiro atoms. The minimum Gasteiger partial charge on any atom is -0.305 e. The average Bonchev–Trinajstić information content (AvgIpc) is 2.75. The highest BCUT2D eigenvalue weighted by molar-refractivity contribution is 6.07. The first kappa shape index (κ1) is 13.6. The molecular weight excluding hydrogens is 260 g/mol. The molecule has 0 radical (unpaired) electrons. The van der Waals surface area contributed by atoms with E-state index in [1.165, 1.54) is 5.56 Å². The summed E-state index contributed by atoms with van der Waals surface area (Å²) in [7, 11) is 0. The standard InChI is InChI=1S/C15H14N2O.ClH/c1-11-10-13-4-2-3-5-14(13)17(11)15(18)12-6-8-16-9-7-12;/h2-9,11H,10H2,1H3;1H. The lowest BCUT2D eigenvalue weighted by Gasteiger charge is -2.22. The van der Waals surface area contributed by atoms with E-state index in [2.05, 4.69) is 18.0 Å². The molecule has 3 nitrogen and oxygen atoms in total. The number of halogens is 1. The summed E-state index contributed by atoms with van der Waals surface area (Å²) in [5.74, 6) is 0.0508. The smallest absolute Gasteiger partial charge is 0.258 e. The van der Waals surface area contributed by atoms with E-state index in [0.29, 0.717) is 5.56 Å². The molecule has 1 aliphatic rings. The third kappa shape index (κ3) is 2.34. The van der Waals surface area contributed by atoms with E-state index in [-0.39, 0.29) is 24.4 Å². The lowest BCUT2D eigenvalue weighted by molar-refractivity contribution is 0.0981. The molecule has 0 saturated carbocycles. The molecular formula is C15H15ClN2O. The number of benzene rings is 1. The molecule has 98 valence electrons. The maximum Gasteiger partial charge on any atom is 0.258 e. The number of aromatic nitrogens is 1. The van der Waals surface area contributed by atoms with Crippen LogP contribution in [0.3, 0.4) is 0 Å². The quantitative estimate of drug-likeness (QED) is 0.801. The molecule has 0 aliphatic carbocycles. The van der Waals surface area contributed by atoms with Crippen LogP contribution in [0.1, 0.15) is 22.8 Å². The molecule has 1 amide bonds. The fourth-order valence-electron chi connectivity index (χ4n) is 2.51. The molecule has 0 N–H and O–H groups in total. The molecule has 1 aliphatic heterocycles. The zero-order valence-corrected chi connectivity index (χ0v) is 11.4. The van der Waals surface area contributed by atoms with Gasteiger partial charge in [0.25, 0.3) is 5.91 Å². The Morgan fingerprint density at radius 3 is 2.63 bits per heavy atom. The zero-order chi connectivity index (χ0) is 12.5. The molecule has 0 saturated heterocycles. The third-order valence-electron chi connectivity index (χ3n) is 3.35. The topological polar surface area (TPSA) is 33.2 Å². The number of carbonyl (C=O) groups excluding carboxylic acids is 1. The van der Waals surface area contributed by atoms with Crippen molar-refractivity contribution in [1.82, 2.24) is 4.98 Å². The molecule has 2 aromatic rings. The van der Waals surface area contributed by atoms with E-state index in [0.717, 1.165) is 12.1 Å². The fraction of sp³-hybridized carbons (Fsp3) is 0.200. The monoisotopic (exact) mass is 274 g/mol. The van der Waals surface area contributed by atoms with Crippen LogP contribution < -0.4 is 4.90 Å². The molecule has 0 fully saturated rings. The summed E-state index contributed by atoms with van der Waals surface area (Å²) >= 11 is 0. The Morgan fingerprint density at radius 1 is 1.21 bits per heavy atom. The number of anilines is 1. The number of hydrogen-bond donors (Lipinski definition) is 0. The van der Waals surface area contributed by atoms with Crippen LogP contribution in [-0.2, 0) is 6.42 Å². The van der Waals surface area contributed by atoms with Gasteiger partial charge in [-0.3, -0.25) is 9.78 Å². The van der Waals surface area contributed by atoms with Crippen molar-refractivity contribution in [2.75, 3.05) is 4.90 Å². The minimum absolute atomic E-state index is 0. The first-order chi connectivity index (χ1) is 8.77. The Kier molecular flexibility index (Phi) is 3.86. The zero-order valence-electron chi connectivity index (χ0n) is 10.6. The summed E-state index contributed by atoms with van der Waals surface area (Å²) in [5, 5.41) is 0. The summed E-state index contributed by atoms with van der Waals surface area (Å²) in [5.41, 5.74) is 2.97. The van der Waals surface area contributed by atoms with Gasteiger partial charge >= 0.3 is 0 Å². The molecule has 19 heavy (non-hydrogen) atoms. The summed E-state index contributed by atoms with van der Waals surface area (Å²) in [6.45, 7) is 2.08. The number of para-hydroxylation sites is 1. The number of carbonyl (C=O) groups is 1. The highest BCUT2D eigenvalue weighted by Gasteiger charge is 2.30. The summed E-state index contributed by atoms with van der Waals surface area (Å²) in [4.78, 5) is 18.3. The summed E-state index contributed by atoms with van der Waals surface area (Å²) in [6, 6.07) is 11.8. The number of hydrogen-bond acceptors (Lipinski definition) is 2. The van der Waals surface area contributed by atoms with Crippen LogP contribution in [0.2, 0.25) is 0 Å². The van der Waals surface area contributed by atoms with Crippen LogP contribution in [0.5, 0.6) is 0 Å². The molecule has 1 aromatic carbocycles. The van der Waals surface area contributed by atoms with Crippen LogP contribution in [0.25, 0.3) is 0 Å². The van der Waals surface area contributed by atoms with Crippen LogP contribution in [0.15, 0.2) is 48.8 Å². The van der Waals surface area contributed by atoms with Gasteiger partial charge in [-0.1, -0.05) is 18.2 Å². The van der Waals surface area contributed by atoms with Crippen molar-refractivity contribution in [1.29, 1.82) is 0 Å². The molecule has 1 unspecified atom stereocenters. The van der Waals surface area contributed by atoms with Crippen LogP contribution >= 0.6 is 12.4 Å². The van der Waals surface area contributed by atoms with Crippen molar-refractivity contribution in [3.8, 4) is 0 Å². The van der Waals surface area contributed by atoms with Gasteiger partial charge in [-0.25, -0.2) is 0 Å². The van der Waals surface area contributed by atoms with Gasteiger partial charge in [0.05, 0.1) is 0 Å². The van der Waals surface area contributed by atoms with Gasteiger partial charge in [0.1, 0.15) is 0 Å². The van der Waals surface area contributed by atoms with E-state index in [1.54, 1.807) is 24.5 Å². The van der Waals surface area contributed by atoms with Crippen molar-refractivity contribution in [3.05, 3.63) is 59.9 Å². The van der Waals surface area contributed by atoms with Crippen molar-refractivity contribution < 1.29 is 4.79 Å². The predicted octanol–water partition coefficient (Wildman–Crippen LogP) is 3.09. The SMILES string of the molecule is CC1Cc2ccccc2N1C(=O)c1ccncc1.Cl. The van der Waals surface area contributed by atoms with Crippen LogP contribution in [0.4, 0.5) is 5.69 Å². The number of fused-ring (bicyclic) bond motifs is 1. The van der Waals surface area contributed by atoms with Crippen molar-refractivity contribution in [3.63, 3.8) is 0 Å². The van der Waals surface area contributed by atoms with E-state index in [9.17, 15) is 4.79 Å². The van der Waals surface area contributed by atoms with Gasteiger partial charge in [0.2, 0.25) is 0 Å². The van der Waals surface area contributed by atoms with Gasteiger partial charge in [-0.05, 0) is 37.1 Å². The normalized spacial score (nSPS) is 16.7. The molecule has 0 bridgehead atoms. The van der Waals surface area contributed by atoms with Gasteiger partial charge < -0.3 is 4.90 Å². The Balaban J connectivity index is 0.00000133. The van der Waals surface area contributed by atoms with E-state index < -0.39 is 0 Å². The molecule has 1 aromatic heterocycles. The van der Waals surface area contributed by atoms with Crippen molar-refractivity contribution in [2.45, 2.75) is 19.4 Å². The third-order valence-corrected chi connectivity index (χ3v) is 3.35. The fourth-order valence-corrected chi connectivity index (χ4v) is 2.51. The predicted molar refractivity (Wildman–Crippen MR) is 77.9 cm³/mol. The Morgan fingerprint density at radius 2 is 1.89 bits per heavy atom. The minimum atomic E-state index is 0. The number of nitrogens with zero attached hydrogens (tertiary/aromatic N) is 2. The van der Waals surface area contributed by atoms with Gasteiger partial charge in [-0.2, -0.15) is 0 Å². The van der Waals surface area contributed by atoms with Gasteiger partial charge in [0.15, 0.2) is 0 Å². The Bertz CT molecular complexity index is 586. The van der Waals surface area contributed by atoms with Crippen LogP contribution in [0, 0.1) is 0 Å². The van der Waals surface area contributed by atoms with Gasteiger partial charge in [0, 0.05) is 29.7 Å². The van der Waals surface area contributed by atoms with E-state index >= 15 is 0 Å². The number of pyridine rings is 1. The van der Waals surface area contributed by atoms with Crippen molar-refractivity contribution in [2.24, 2.45) is 0 Å². The van der Waals surface area contributed by atoms with E-state index in [1.807, 2.05) is 23.1 Å². The summed E-state index contributed by atoms with van der Waals surface area (Å²) < 4.78 is 0. The first-order valence-electron chi connectivity index (χ1n) is 6.09. The summed E-state index contributed by atoms with van der Waals surface area (Å²) in [6.07, 6.45) is 4.23. The lowest BCUT2D eigenvalue weighted by atomic mass is 10.1. The van der Waals surface area contributed by atoms with Gasteiger partial charge in [-0.15, -0.1) is 12.4 Å². The Labute approximate surface area is 118 Å². The highest BCUT2D eigenvalue weighted by Crippen LogP contribution is 2.32. The molecule has 2 heterocycles. The number of rotatable bonds is 1. The Hall–Kier alpha value is -1.87. The highest BCUT2D eigenvalue weighted by atomic mass is 35.5. The molecule has 3 rings (SSSR count). The maximum absolute atomic E-state index is 12.5.